The number of ether oxygens (including phenoxy) is 1. The number of amides is 1. The molecule has 0 spiro atoms. The average Bonchev–Trinajstić information content (AvgIpc) is 2.38. The van der Waals surface area contributed by atoms with Gasteiger partial charge in [0.2, 0.25) is 0 Å². The van der Waals surface area contributed by atoms with Crippen molar-refractivity contribution in [2.75, 3.05) is 7.11 Å². The minimum absolute atomic E-state index is 0.0893. The lowest BCUT2D eigenvalue weighted by Gasteiger charge is -2.10. The molecule has 1 atom stereocenters. The van der Waals surface area contributed by atoms with Crippen molar-refractivity contribution in [3.05, 3.63) is 34.9 Å². The molecule has 4 nitrogen and oxygen atoms in total. The van der Waals surface area contributed by atoms with E-state index in [0.717, 1.165) is 6.42 Å². The minimum Gasteiger partial charge on any atom is -0.468 e. The SMILES string of the molecule is CCC(C)N=C(NC(=O)c1ccccc1Cl)OC. The summed E-state index contributed by atoms with van der Waals surface area (Å²) in [5.41, 5.74) is 0.396. The van der Waals surface area contributed by atoms with Crippen molar-refractivity contribution in [3.63, 3.8) is 0 Å². The first-order chi connectivity index (χ1) is 8.58. The molecular weight excluding hydrogens is 252 g/mol. The van der Waals surface area contributed by atoms with Crippen molar-refractivity contribution in [2.45, 2.75) is 26.3 Å². The van der Waals surface area contributed by atoms with Crippen molar-refractivity contribution < 1.29 is 9.53 Å². The molecule has 1 aromatic rings. The Morgan fingerprint density at radius 2 is 2.17 bits per heavy atom. The minimum atomic E-state index is -0.329. The van der Waals surface area contributed by atoms with Crippen molar-refractivity contribution in [1.82, 2.24) is 5.32 Å². The molecule has 1 aromatic carbocycles. The second-order valence-corrected chi connectivity index (χ2v) is 4.24. The second-order valence-electron chi connectivity index (χ2n) is 3.83. The summed E-state index contributed by atoms with van der Waals surface area (Å²) in [6.45, 7) is 3.96. The van der Waals surface area contributed by atoms with Gasteiger partial charge in [-0.05, 0) is 25.5 Å². The molecule has 0 heterocycles. The molecule has 0 fully saturated rings. The number of carbonyl (C=O) groups is 1. The Hall–Kier alpha value is -1.55. The van der Waals surface area contributed by atoms with E-state index in [1.807, 2.05) is 13.8 Å². The summed E-state index contributed by atoms with van der Waals surface area (Å²) in [5.74, 6) is -0.329. The third kappa shape index (κ3) is 4.04. The summed E-state index contributed by atoms with van der Waals surface area (Å²) < 4.78 is 5.03. The van der Waals surface area contributed by atoms with Crippen LogP contribution in [0.1, 0.15) is 30.6 Å². The van der Waals surface area contributed by atoms with Crippen molar-refractivity contribution in [1.29, 1.82) is 0 Å². The number of halogens is 1. The second kappa shape index (κ2) is 7.01. The number of amidine groups is 1. The highest BCUT2D eigenvalue weighted by Gasteiger charge is 2.12. The molecule has 0 saturated carbocycles. The monoisotopic (exact) mass is 268 g/mol. The summed E-state index contributed by atoms with van der Waals surface area (Å²) in [4.78, 5) is 16.2. The maximum atomic E-state index is 11.9. The summed E-state index contributed by atoms with van der Waals surface area (Å²) in [6, 6.07) is 7.12. The Balaban J connectivity index is 2.81. The lowest BCUT2D eigenvalue weighted by molar-refractivity contribution is 0.0968. The first kappa shape index (κ1) is 14.5. The number of hydrogen-bond acceptors (Lipinski definition) is 3. The van der Waals surface area contributed by atoms with Crippen molar-refractivity contribution in [3.8, 4) is 0 Å². The van der Waals surface area contributed by atoms with Crippen LogP contribution in [-0.2, 0) is 4.74 Å². The van der Waals surface area contributed by atoms with Gasteiger partial charge in [-0.15, -0.1) is 0 Å². The van der Waals surface area contributed by atoms with Gasteiger partial charge in [0.15, 0.2) is 0 Å². The predicted octanol–water partition coefficient (Wildman–Crippen LogP) is 2.87. The van der Waals surface area contributed by atoms with Gasteiger partial charge >= 0.3 is 0 Å². The molecule has 0 aliphatic heterocycles. The molecule has 98 valence electrons. The third-order valence-electron chi connectivity index (χ3n) is 2.46. The van der Waals surface area contributed by atoms with Crippen LogP contribution >= 0.6 is 11.6 Å². The normalized spacial score (nSPS) is 13.0. The molecule has 18 heavy (non-hydrogen) atoms. The molecule has 1 amide bonds. The molecular formula is C13H17ClN2O2. The van der Waals surface area contributed by atoms with E-state index in [4.69, 9.17) is 16.3 Å². The Labute approximate surface area is 112 Å². The van der Waals surface area contributed by atoms with E-state index >= 15 is 0 Å². The molecule has 0 bridgehead atoms. The Bertz CT molecular complexity index is 446. The van der Waals surface area contributed by atoms with Crippen LogP contribution in [0.15, 0.2) is 29.3 Å². The van der Waals surface area contributed by atoms with E-state index in [-0.39, 0.29) is 18.0 Å². The van der Waals surface area contributed by atoms with E-state index in [0.29, 0.717) is 10.6 Å². The lowest BCUT2D eigenvalue weighted by Crippen LogP contribution is -2.32. The Morgan fingerprint density at radius 3 is 2.72 bits per heavy atom. The fourth-order valence-corrected chi connectivity index (χ4v) is 1.46. The molecule has 5 heteroatoms. The van der Waals surface area contributed by atoms with E-state index in [1.165, 1.54) is 7.11 Å². The zero-order chi connectivity index (χ0) is 13.5. The highest BCUT2D eigenvalue weighted by molar-refractivity contribution is 6.34. The largest absolute Gasteiger partial charge is 0.468 e. The zero-order valence-electron chi connectivity index (χ0n) is 10.7. The van der Waals surface area contributed by atoms with Crippen molar-refractivity contribution >= 4 is 23.5 Å². The number of rotatable bonds is 3. The predicted molar refractivity (Wildman–Crippen MR) is 73.1 cm³/mol. The number of aliphatic imine (C=N–C) groups is 1. The molecule has 0 aromatic heterocycles. The van der Waals surface area contributed by atoms with Gasteiger partial charge in [0, 0.05) is 0 Å². The number of benzene rings is 1. The van der Waals surface area contributed by atoms with Crippen LogP contribution in [0, 0.1) is 0 Å². The number of methoxy groups -OCH3 is 1. The van der Waals surface area contributed by atoms with Gasteiger partial charge in [0.05, 0.1) is 23.7 Å². The maximum absolute atomic E-state index is 11.9. The van der Waals surface area contributed by atoms with E-state index in [9.17, 15) is 4.79 Å². The summed E-state index contributed by atoms with van der Waals surface area (Å²) in [6.07, 6.45) is 0.870. The molecule has 0 aliphatic rings. The quantitative estimate of drug-likeness (QED) is 0.677. The van der Waals surface area contributed by atoms with Crippen LogP contribution in [0.5, 0.6) is 0 Å². The fraction of sp³-hybridized carbons (Fsp3) is 0.385. The van der Waals surface area contributed by atoms with Gasteiger partial charge in [0.25, 0.3) is 11.9 Å². The highest BCUT2D eigenvalue weighted by Crippen LogP contribution is 2.14. The van der Waals surface area contributed by atoms with Crippen LogP contribution in [0.25, 0.3) is 0 Å². The molecule has 0 aliphatic carbocycles. The molecule has 0 saturated heterocycles. The first-order valence-corrected chi connectivity index (χ1v) is 6.14. The smallest absolute Gasteiger partial charge is 0.291 e. The van der Waals surface area contributed by atoms with Gasteiger partial charge in [0.1, 0.15) is 0 Å². The topological polar surface area (TPSA) is 50.7 Å². The molecule has 1 unspecified atom stereocenters. The fourth-order valence-electron chi connectivity index (χ4n) is 1.24. The Morgan fingerprint density at radius 1 is 1.50 bits per heavy atom. The molecule has 0 radical (unpaired) electrons. The van der Waals surface area contributed by atoms with Gasteiger partial charge in [-0.2, -0.15) is 0 Å². The maximum Gasteiger partial charge on any atom is 0.291 e. The van der Waals surface area contributed by atoms with Crippen LogP contribution < -0.4 is 5.32 Å². The Kier molecular flexibility index (Phi) is 5.65. The number of nitrogens with one attached hydrogen (secondary N) is 1. The summed E-state index contributed by atoms with van der Waals surface area (Å²) >= 11 is 5.94. The number of nitrogens with zero attached hydrogens (tertiary/aromatic N) is 1. The lowest BCUT2D eigenvalue weighted by atomic mass is 10.2. The van der Waals surface area contributed by atoms with E-state index < -0.39 is 0 Å². The van der Waals surface area contributed by atoms with Gasteiger partial charge < -0.3 is 4.74 Å². The van der Waals surface area contributed by atoms with Crippen LogP contribution in [0.3, 0.4) is 0 Å². The van der Waals surface area contributed by atoms with Gasteiger partial charge in [-0.1, -0.05) is 30.7 Å². The van der Waals surface area contributed by atoms with E-state index in [1.54, 1.807) is 24.3 Å². The highest BCUT2D eigenvalue weighted by atomic mass is 35.5. The summed E-state index contributed by atoms with van der Waals surface area (Å²) in [5, 5.41) is 2.99. The third-order valence-corrected chi connectivity index (χ3v) is 2.79. The van der Waals surface area contributed by atoms with Crippen LogP contribution in [0.4, 0.5) is 0 Å². The molecule has 1 N–H and O–H groups in total. The average molecular weight is 269 g/mol. The van der Waals surface area contributed by atoms with Crippen LogP contribution in [0.2, 0.25) is 5.02 Å². The standard InChI is InChI=1S/C13H17ClN2O2/c1-4-9(2)15-13(18-3)16-12(17)10-7-5-6-8-11(10)14/h5-9H,4H2,1-3H3,(H,15,16,17). The van der Waals surface area contributed by atoms with E-state index in [2.05, 4.69) is 10.3 Å². The van der Waals surface area contributed by atoms with Gasteiger partial charge in [-0.25, -0.2) is 4.99 Å². The number of carbonyl (C=O) groups excluding carboxylic acids is 1. The summed E-state index contributed by atoms with van der Waals surface area (Å²) in [7, 11) is 1.47. The van der Waals surface area contributed by atoms with Crippen molar-refractivity contribution in [2.24, 2.45) is 4.99 Å². The van der Waals surface area contributed by atoms with Gasteiger partial charge in [-0.3, -0.25) is 10.1 Å². The first-order valence-electron chi connectivity index (χ1n) is 5.76. The zero-order valence-corrected chi connectivity index (χ0v) is 11.5. The van der Waals surface area contributed by atoms with Crippen LogP contribution in [-0.4, -0.2) is 25.1 Å². The number of hydrogen-bond donors (Lipinski definition) is 1. The molecule has 1 rings (SSSR count).